The molecule has 0 atom stereocenters. The summed E-state index contributed by atoms with van der Waals surface area (Å²) in [5, 5.41) is 9.14. The second-order valence-corrected chi connectivity index (χ2v) is 7.20. The van der Waals surface area contributed by atoms with Gasteiger partial charge in [-0.3, -0.25) is 14.5 Å². The molecule has 0 unspecified atom stereocenters. The highest BCUT2D eigenvalue weighted by Crippen LogP contribution is 2.42. The van der Waals surface area contributed by atoms with Gasteiger partial charge in [0.15, 0.2) is 0 Å². The van der Waals surface area contributed by atoms with E-state index in [0.29, 0.717) is 16.3 Å². The zero-order chi connectivity index (χ0) is 18.0. The van der Waals surface area contributed by atoms with Crippen molar-refractivity contribution in [2.75, 3.05) is 18.6 Å². The highest BCUT2D eigenvalue weighted by Gasteiger charge is 2.30. The number of para-hydroxylation sites is 1. The van der Waals surface area contributed by atoms with Gasteiger partial charge in [0, 0.05) is 4.90 Å². The monoisotopic (exact) mass is 419 g/mol. The number of methoxy groups -OCH3 is 1. The predicted molar refractivity (Wildman–Crippen MR) is 101 cm³/mol. The Balaban J connectivity index is 2.01. The van der Waals surface area contributed by atoms with Crippen LogP contribution in [0.15, 0.2) is 56.7 Å². The summed E-state index contributed by atoms with van der Waals surface area (Å²) in [6.45, 7) is -0.375. The Morgan fingerprint density at radius 1 is 1.32 bits per heavy atom. The quantitative estimate of drug-likeness (QED) is 0.757. The van der Waals surface area contributed by atoms with E-state index in [4.69, 9.17) is 9.84 Å². The maximum absolute atomic E-state index is 12.8. The number of aliphatic carboxylic acids is 1. The number of ether oxygens (including phenoxy) is 1. The number of carboxylic acids is 1. The van der Waals surface area contributed by atoms with Crippen molar-refractivity contribution in [1.29, 1.82) is 0 Å². The Kier molecular flexibility index (Phi) is 5.15. The summed E-state index contributed by atoms with van der Waals surface area (Å²) < 4.78 is 5.98. The van der Waals surface area contributed by atoms with Gasteiger partial charge in [0.05, 0.1) is 22.2 Å². The van der Waals surface area contributed by atoms with Crippen LogP contribution in [0.25, 0.3) is 6.08 Å². The molecule has 0 saturated heterocycles. The third-order valence-corrected chi connectivity index (χ3v) is 5.30. The van der Waals surface area contributed by atoms with Crippen LogP contribution in [0.3, 0.4) is 0 Å². The molecular formula is C18H14BrNO4S. The van der Waals surface area contributed by atoms with Crippen LogP contribution in [0.5, 0.6) is 5.75 Å². The van der Waals surface area contributed by atoms with Crippen LogP contribution in [0.4, 0.5) is 5.69 Å². The minimum absolute atomic E-state index is 0.321. The topological polar surface area (TPSA) is 66.8 Å². The molecule has 2 aromatic carbocycles. The van der Waals surface area contributed by atoms with Crippen LogP contribution >= 0.6 is 27.7 Å². The Labute approximate surface area is 157 Å². The van der Waals surface area contributed by atoms with Crippen molar-refractivity contribution in [3.05, 3.63) is 57.4 Å². The molecule has 3 rings (SSSR count). The maximum Gasteiger partial charge on any atom is 0.323 e. The smallest absolute Gasteiger partial charge is 0.323 e. The molecule has 0 spiro atoms. The number of thioether (sulfide) groups is 1. The first-order valence-electron chi connectivity index (χ1n) is 7.35. The Morgan fingerprint density at radius 2 is 2.08 bits per heavy atom. The lowest BCUT2D eigenvalue weighted by atomic mass is 10.2. The van der Waals surface area contributed by atoms with Crippen molar-refractivity contribution in [3.63, 3.8) is 0 Å². The fourth-order valence-corrected chi connectivity index (χ4v) is 4.10. The van der Waals surface area contributed by atoms with Gasteiger partial charge >= 0.3 is 5.97 Å². The number of nitrogens with zero attached hydrogens (tertiary/aromatic N) is 1. The summed E-state index contributed by atoms with van der Waals surface area (Å²) in [5.74, 6) is -0.678. The summed E-state index contributed by atoms with van der Waals surface area (Å²) in [5.41, 5.74) is 1.44. The van der Waals surface area contributed by atoms with Crippen molar-refractivity contribution in [1.82, 2.24) is 0 Å². The maximum atomic E-state index is 12.8. The number of carbonyl (C=O) groups is 2. The molecule has 1 heterocycles. The van der Waals surface area contributed by atoms with Crippen molar-refractivity contribution in [3.8, 4) is 5.75 Å². The standard InChI is InChI=1S/C18H14BrNO4S/c1-24-14-7-6-11(8-12(14)19)9-16-18(23)20(10-17(21)22)13-4-2-3-5-15(13)25-16/h2-9H,10H2,1H3,(H,21,22)/b16-9+. The van der Waals surface area contributed by atoms with Crippen LogP contribution in [-0.2, 0) is 9.59 Å². The number of anilines is 1. The van der Waals surface area contributed by atoms with Crippen molar-refractivity contribution >= 4 is 51.3 Å². The van der Waals surface area contributed by atoms with E-state index in [2.05, 4.69) is 15.9 Å². The third-order valence-electron chi connectivity index (χ3n) is 3.60. The number of halogens is 1. The zero-order valence-electron chi connectivity index (χ0n) is 13.2. The molecule has 1 aliphatic rings. The fraction of sp³-hybridized carbons (Fsp3) is 0.111. The number of amides is 1. The van der Waals surface area contributed by atoms with E-state index >= 15 is 0 Å². The summed E-state index contributed by atoms with van der Waals surface area (Å²) in [6.07, 6.45) is 1.75. The number of hydrogen-bond donors (Lipinski definition) is 1. The first-order chi connectivity index (χ1) is 12.0. The molecule has 0 radical (unpaired) electrons. The fourth-order valence-electron chi connectivity index (χ4n) is 2.48. The van der Waals surface area contributed by atoms with Crippen LogP contribution in [-0.4, -0.2) is 30.6 Å². The zero-order valence-corrected chi connectivity index (χ0v) is 15.6. The van der Waals surface area contributed by atoms with Crippen molar-refractivity contribution in [2.24, 2.45) is 0 Å². The highest BCUT2D eigenvalue weighted by molar-refractivity contribution is 9.10. The molecule has 1 aliphatic heterocycles. The van der Waals surface area contributed by atoms with E-state index in [1.165, 1.54) is 16.7 Å². The molecule has 0 saturated carbocycles. The summed E-state index contributed by atoms with van der Waals surface area (Å²) in [4.78, 5) is 26.5. The van der Waals surface area contributed by atoms with Gasteiger partial charge in [0.25, 0.3) is 5.91 Å². The average molecular weight is 420 g/mol. The number of fused-ring (bicyclic) bond motifs is 1. The minimum atomic E-state index is -1.05. The van der Waals surface area contributed by atoms with Gasteiger partial charge in [0.2, 0.25) is 0 Å². The molecule has 0 bridgehead atoms. The van der Waals surface area contributed by atoms with E-state index in [1.54, 1.807) is 31.4 Å². The second-order valence-electron chi connectivity index (χ2n) is 5.26. The molecule has 25 heavy (non-hydrogen) atoms. The predicted octanol–water partition coefficient (Wildman–Crippen LogP) is 4.02. The minimum Gasteiger partial charge on any atom is -0.496 e. The lowest BCUT2D eigenvalue weighted by Crippen LogP contribution is -2.38. The average Bonchev–Trinajstić information content (AvgIpc) is 2.58. The Morgan fingerprint density at radius 3 is 2.76 bits per heavy atom. The van der Waals surface area contributed by atoms with Crippen LogP contribution in [0, 0.1) is 0 Å². The summed E-state index contributed by atoms with van der Waals surface area (Å²) in [6, 6.07) is 12.8. The molecule has 1 amide bonds. The Hall–Kier alpha value is -2.25. The number of benzene rings is 2. The summed E-state index contributed by atoms with van der Waals surface area (Å²) in [7, 11) is 1.58. The van der Waals surface area contributed by atoms with Gasteiger partial charge in [-0.25, -0.2) is 0 Å². The van der Waals surface area contributed by atoms with Gasteiger partial charge in [-0.1, -0.05) is 30.0 Å². The van der Waals surface area contributed by atoms with Gasteiger partial charge in [-0.05, 0) is 51.8 Å². The van der Waals surface area contributed by atoms with Gasteiger partial charge in [-0.15, -0.1) is 0 Å². The molecule has 7 heteroatoms. The van der Waals surface area contributed by atoms with E-state index < -0.39 is 5.97 Å². The van der Waals surface area contributed by atoms with Crippen LogP contribution in [0.1, 0.15) is 5.56 Å². The van der Waals surface area contributed by atoms with Gasteiger partial charge < -0.3 is 9.84 Å². The number of hydrogen-bond acceptors (Lipinski definition) is 4. The van der Waals surface area contributed by atoms with E-state index in [-0.39, 0.29) is 12.5 Å². The van der Waals surface area contributed by atoms with Crippen molar-refractivity contribution < 1.29 is 19.4 Å². The molecule has 2 aromatic rings. The van der Waals surface area contributed by atoms with E-state index in [1.807, 2.05) is 24.3 Å². The normalized spacial score (nSPS) is 15.2. The third kappa shape index (κ3) is 3.72. The SMILES string of the molecule is COc1ccc(/C=C2/Sc3ccccc3N(CC(=O)O)C2=O)cc1Br. The van der Waals surface area contributed by atoms with Crippen LogP contribution < -0.4 is 9.64 Å². The lowest BCUT2D eigenvalue weighted by molar-refractivity contribution is -0.136. The number of carbonyl (C=O) groups excluding carboxylic acids is 1. The lowest BCUT2D eigenvalue weighted by Gasteiger charge is -2.29. The first kappa shape index (κ1) is 17.6. The molecule has 0 aromatic heterocycles. The van der Waals surface area contributed by atoms with Crippen LogP contribution in [0.2, 0.25) is 0 Å². The highest BCUT2D eigenvalue weighted by atomic mass is 79.9. The second kappa shape index (κ2) is 7.33. The molecule has 0 aliphatic carbocycles. The van der Waals surface area contributed by atoms with Gasteiger partial charge in [-0.2, -0.15) is 0 Å². The molecule has 1 N–H and O–H groups in total. The number of rotatable bonds is 4. The van der Waals surface area contributed by atoms with E-state index in [0.717, 1.165) is 14.9 Å². The molecule has 128 valence electrons. The van der Waals surface area contributed by atoms with Crippen molar-refractivity contribution in [2.45, 2.75) is 4.90 Å². The largest absolute Gasteiger partial charge is 0.496 e. The molecule has 0 fully saturated rings. The number of carboxylic acid groups (broad SMARTS) is 1. The van der Waals surface area contributed by atoms with Gasteiger partial charge in [0.1, 0.15) is 12.3 Å². The van der Waals surface area contributed by atoms with E-state index in [9.17, 15) is 9.59 Å². The first-order valence-corrected chi connectivity index (χ1v) is 8.96. The Bertz CT molecular complexity index is 881. The molecular weight excluding hydrogens is 406 g/mol. The molecule has 5 nitrogen and oxygen atoms in total. The summed E-state index contributed by atoms with van der Waals surface area (Å²) >= 11 is 4.76.